The normalized spacial score (nSPS) is 15.9. The minimum absolute atomic E-state index is 0.0469. The van der Waals surface area contributed by atoms with Crippen molar-refractivity contribution < 1.29 is 14.4 Å². The molecular weight excluding hydrogens is 518 g/mol. The van der Waals surface area contributed by atoms with Crippen molar-refractivity contribution in [2.45, 2.75) is 25.3 Å². The Bertz CT molecular complexity index is 1420. The highest BCUT2D eigenvalue weighted by atomic mass is 35.5. The van der Waals surface area contributed by atoms with Gasteiger partial charge in [-0.1, -0.05) is 30.3 Å². The molecule has 0 spiro atoms. The number of carbonyl (C=O) groups is 3. The van der Waals surface area contributed by atoms with Gasteiger partial charge in [-0.15, -0.1) is 0 Å². The molecule has 1 atom stereocenters. The van der Waals surface area contributed by atoms with Gasteiger partial charge in [0, 0.05) is 31.9 Å². The fourth-order valence-electron chi connectivity index (χ4n) is 4.55. The summed E-state index contributed by atoms with van der Waals surface area (Å²) in [6, 6.07) is 6.80. The number of carbonyl (C=O) groups excluding carboxylic acids is 3. The first-order valence-corrected chi connectivity index (χ1v) is 13.1. The summed E-state index contributed by atoms with van der Waals surface area (Å²) in [5.74, 6) is -0.576. The van der Waals surface area contributed by atoms with E-state index in [1.807, 2.05) is 46.7 Å². The zero-order chi connectivity index (χ0) is 27.9. The predicted molar refractivity (Wildman–Crippen MR) is 153 cm³/mol. The second-order valence-electron chi connectivity index (χ2n) is 9.62. The van der Waals surface area contributed by atoms with Gasteiger partial charge < -0.3 is 19.7 Å². The molecule has 204 valence electrons. The van der Waals surface area contributed by atoms with Crippen LogP contribution in [-0.4, -0.2) is 75.8 Å². The lowest BCUT2D eigenvalue weighted by molar-refractivity contribution is -0.126. The summed E-state index contributed by atoms with van der Waals surface area (Å²) >= 11 is 6.64. The summed E-state index contributed by atoms with van der Waals surface area (Å²) in [6.45, 7) is 5.21. The number of likely N-dealkylation sites (tertiary alicyclic amines) is 1. The fourth-order valence-corrected chi connectivity index (χ4v) is 4.81. The topological polar surface area (TPSA) is 112 Å². The van der Waals surface area contributed by atoms with Crippen LogP contribution in [0.2, 0.25) is 5.02 Å². The van der Waals surface area contributed by atoms with Gasteiger partial charge in [-0.05, 0) is 57.6 Å². The van der Waals surface area contributed by atoms with Gasteiger partial charge in [0.2, 0.25) is 17.8 Å². The van der Waals surface area contributed by atoms with Crippen molar-refractivity contribution in [2.75, 3.05) is 44.4 Å². The van der Waals surface area contributed by atoms with Crippen molar-refractivity contribution in [2.24, 2.45) is 0 Å². The van der Waals surface area contributed by atoms with Crippen LogP contribution in [0.5, 0.6) is 0 Å². The van der Waals surface area contributed by atoms with E-state index >= 15 is 0 Å². The number of aromatic nitrogens is 3. The van der Waals surface area contributed by atoms with E-state index in [9.17, 15) is 14.4 Å². The molecule has 1 aromatic carbocycles. The number of imidazole rings is 1. The van der Waals surface area contributed by atoms with Crippen molar-refractivity contribution >= 4 is 52.0 Å². The van der Waals surface area contributed by atoms with E-state index in [1.165, 1.54) is 18.5 Å². The number of amides is 3. The maximum atomic E-state index is 13.3. The smallest absolute Gasteiger partial charge is 0.259 e. The number of halogens is 1. The highest BCUT2D eigenvalue weighted by Crippen LogP contribution is 2.34. The summed E-state index contributed by atoms with van der Waals surface area (Å²) in [5, 5.41) is 6.01. The average Bonchev–Trinajstić information content (AvgIpc) is 3.10. The Morgan fingerprint density at radius 2 is 2.03 bits per heavy atom. The number of likely N-dealkylation sites (N-methyl/N-ethyl adjacent to an activating group) is 1. The van der Waals surface area contributed by atoms with Gasteiger partial charge in [0.1, 0.15) is 0 Å². The first-order chi connectivity index (χ1) is 18.8. The lowest BCUT2D eigenvalue weighted by Gasteiger charge is -2.26. The Kier molecular flexibility index (Phi) is 9.11. The van der Waals surface area contributed by atoms with Gasteiger partial charge >= 0.3 is 0 Å². The van der Waals surface area contributed by atoms with Crippen molar-refractivity contribution in [3.63, 3.8) is 0 Å². The zero-order valence-electron chi connectivity index (χ0n) is 22.1. The maximum Gasteiger partial charge on any atom is 0.259 e. The Morgan fingerprint density at radius 1 is 1.21 bits per heavy atom. The maximum absolute atomic E-state index is 13.3. The molecule has 39 heavy (non-hydrogen) atoms. The second kappa shape index (κ2) is 12.7. The molecule has 0 radical (unpaired) electrons. The van der Waals surface area contributed by atoms with Crippen molar-refractivity contribution in [3.05, 3.63) is 72.1 Å². The third-order valence-corrected chi connectivity index (χ3v) is 6.70. The highest BCUT2D eigenvalue weighted by molar-refractivity contribution is 6.35. The van der Waals surface area contributed by atoms with Gasteiger partial charge in [-0.25, -0.2) is 4.98 Å². The summed E-state index contributed by atoms with van der Waals surface area (Å²) in [5.41, 5.74) is 1.94. The SMILES string of the molecule is C=CC(=O)Nc1cncc(C(=O)Nc2nc3cccc(Cl)c3n2C2CCCCN(C(=O)/C=C/CN(C)C)C2)c1. The van der Waals surface area contributed by atoms with Crippen molar-refractivity contribution in [3.8, 4) is 0 Å². The lowest BCUT2D eigenvalue weighted by atomic mass is 10.1. The highest BCUT2D eigenvalue weighted by Gasteiger charge is 2.27. The Hall–Kier alpha value is -4.02. The Balaban J connectivity index is 1.65. The number of fused-ring (bicyclic) bond motifs is 1. The molecule has 0 bridgehead atoms. The fraction of sp³-hybridized carbons (Fsp3) is 0.321. The van der Waals surface area contributed by atoms with E-state index in [4.69, 9.17) is 11.6 Å². The van der Waals surface area contributed by atoms with Crippen LogP contribution in [0, 0.1) is 0 Å². The molecule has 1 unspecified atom stereocenters. The number of nitrogens with zero attached hydrogens (tertiary/aromatic N) is 5. The molecule has 2 N–H and O–H groups in total. The molecule has 3 aromatic rings. The van der Waals surface area contributed by atoms with E-state index < -0.39 is 11.8 Å². The van der Waals surface area contributed by atoms with Crippen LogP contribution in [0.4, 0.5) is 11.6 Å². The summed E-state index contributed by atoms with van der Waals surface area (Å²) in [4.78, 5) is 50.6. The number of anilines is 2. The molecule has 0 aliphatic carbocycles. The van der Waals surface area contributed by atoms with Crippen LogP contribution in [0.1, 0.15) is 35.7 Å². The number of nitrogens with one attached hydrogen (secondary N) is 2. The van der Waals surface area contributed by atoms with Crippen LogP contribution in [0.15, 0.2) is 61.5 Å². The third kappa shape index (κ3) is 6.90. The Morgan fingerprint density at radius 3 is 2.79 bits per heavy atom. The molecule has 1 saturated heterocycles. The molecule has 1 fully saturated rings. The second-order valence-corrected chi connectivity index (χ2v) is 10.0. The Labute approximate surface area is 232 Å². The molecule has 10 nitrogen and oxygen atoms in total. The molecular formula is C28H32ClN7O3. The van der Waals surface area contributed by atoms with Gasteiger partial charge in [-0.2, -0.15) is 0 Å². The van der Waals surface area contributed by atoms with Crippen LogP contribution in [0.25, 0.3) is 11.0 Å². The monoisotopic (exact) mass is 549 g/mol. The number of pyridine rings is 1. The molecule has 2 aromatic heterocycles. The van der Waals surface area contributed by atoms with E-state index in [0.717, 1.165) is 25.3 Å². The van der Waals surface area contributed by atoms with Crippen molar-refractivity contribution in [1.29, 1.82) is 0 Å². The lowest BCUT2D eigenvalue weighted by Crippen LogP contribution is -2.34. The van der Waals surface area contributed by atoms with E-state index in [2.05, 4.69) is 27.2 Å². The van der Waals surface area contributed by atoms with Gasteiger partial charge in [-0.3, -0.25) is 24.7 Å². The van der Waals surface area contributed by atoms with Crippen LogP contribution >= 0.6 is 11.6 Å². The molecule has 1 aliphatic heterocycles. The summed E-state index contributed by atoms with van der Waals surface area (Å²) in [7, 11) is 3.90. The summed E-state index contributed by atoms with van der Waals surface area (Å²) in [6.07, 6.45) is 10.0. The van der Waals surface area contributed by atoms with Crippen molar-refractivity contribution in [1.82, 2.24) is 24.3 Å². The van der Waals surface area contributed by atoms with Crippen LogP contribution in [-0.2, 0) is 9.59 Å². The molecule has 1 aliphatic rings. The van der Waals surface area contributed by atoms with Crippen LogP contribution < -0.4 is 10.6 Å². The predicted octanol–water partition coefficient (Wildman–Crippen LogP) is 4.13. The molecule has 0 saturated carbocycles. The average molecular weight is 550 g/mol. The van der Waals surface area contributed by atoms with Gasteiger partial charge in [0.25, 0.3) is 5.91 Å². The summed E-state index contributed by atoms with van der Waals surface area (Å²) < 4.78 is 1.93. The minimum Gasteiger partial charge on any atom is -0.337 e. The van der Waals surface area contributed by atoms with Gasteiger partial charge in [0.15, 0.2) is 0 Å². The number of benzene rings is 1. The third-order valence-electron chi connectivity index (χ3n) is 6.39. The number of hydrogen-bond acceptors (Lipinski definition) is 6. The largest absolute Gasteiger partial charge is 0.337 e. The molecule has 4 rings (SSSR count). The van der Waals surface area contributed by atoms with Crippen LogP contribution in [0.3, 0.4) is 0 Å². The molecule has 3 amide bonds. The standard InChI is InChI=1S/C28H32ClN7O3/c1-4-24(37)31-20-15-19(16-30-17-20)27(39)33-28-32-23-11-7-10-22(29)26(23)36(28)21-9-5-6-14-35(18-21)25(38)12-8-13-34(2)3/h4,7-8,10-12,15-17,21H,1,5-6,9,13-14,18H2,2-3H3,(H,31,37)(H,32,33,39)/b12-8+. The zero-order valence-corrected chi connectivity index (χ0v) is 22.8. The molecule has 3 heterocycles. The minimum atomic E-state index is -0.446. The van der Waals surface area contributed by atoms with Gasteiger partial charge in [0.05, 0.1) is 39.5 Å². The number of hydrogen-bond donors (Lipinski definition) is 2. The number of para-hydroxylation sites is 1. The molecule has 11 heteroatoms. The van der Waals surface area contributed by atoms with E-state index in [1.54, 1.807) is 12.1 Å². The number of rotatable bonds is 8. The first-order valence-electron chi connectivity index (χ1n) is 12.7. The first kappa shape index (κ1) is 28.0. The quantitative estimate of drug-likeness (QED) is 0.409. The van der Waals surface area contributed by atoms with E-state index in [-0.39, 0.29) is 17.5 Å². The van der Waals surface area contributed by atoms with E-state index in [0.29, 0.717) is 47.3 Å².